The third-order valence-corrected chi connectivity index (χ3v) is 3.44. The van der Waals surface area contributed by atoms with Crippen molar-refractivity contribution in [3.8, 4) is 0 Å². The van der Waals surface area contributed by atoms with E-state index in [0.29, 0.717) is 24.3 Å². The van der Waals surface area contributed by atoms with Gasteiger partial charge in [0.1, 0.15) is 4.92 Å². The molecule has 0 saturated heterocycles. The van der Waals surface area contributed by atoms with Gasteiger partial charge in [0.05, 0.1) is 6.07 Å². The van der Waals surface area contributed by atoms with Crippen LogP contribution in [0.4, 0.5) is 11.6 Å². The van der Waals surface area contributed by atoms with Crippen molar-refractivity contribution in [3.05, 3.63) is 57.8 Å². The van der Waals surface area contributed by atoms with Crippen LogP contribution in [-0.2, 0) is 0 Å². The molecule has 0 saturated carbocycles. The van der Waals surface area contributed by atoms with Gasteiger partial charge in [-0.25, -0.2) is 0 Å². The molecule has 24 heavy (non-hydrogen) atoms. The quantitative estimate of drug-likeness (QED) is 0.647. The Morgan fingerprint density at radius 2 is 1.75 bits per heavy atom. The first-order valence-electron chi connectivity index (χ1n) is 7.41. The number of carbonyl (C=O) groups excluding carboxylic acids is 2. The van der Waals surface area contributed by atoms with Gasteiger partial charge in [-0.15, -0.1) is 0 Å². The number of hydrogen-bond donors (Lipinski definition) is 1. The van der Waals surface area contributed by atoms with Gasteiger partial charge in [0.2, 0.25) is 0 Å². The predicted molar refractivity (Wildman–Crippen MR) is 87.0 cm³/mol. The summed E-state index contributed by atoms with van der Waals surface area (Å²) in [5.41, 5.74) is 0.973. The maximum absolute atomic E-state index is 12.2. The summed E-state index contributed by atoms with van der Waals surface area (Å²) in [6, 6.07) is 8.74. The van der Waals surface area contributed by atoms with Crippen molar-refractivity contribution in [2.75, 3.05) is 18.4 Å². The first kappa shape index (κ1) is 17.2. The highest BCUT2D eigenvalue weighted by molar-refractivity contribution is 6.02. The van der Waals surface area contributed by atoms with Gasteiger partial charge in [-0.05, 0) is 44.2 Å². The monoisotopic (exact) mass is 331 g/mol. The normalized spacial score (nSPS) is 10.2. The zero-order chi connectivity index (χ0) is 17.7. The molecule has 0 aliphatic heterocycles. The van der Waals surface area contributed by atoms with Gasteiger partial charge < -0.3 is 14.6 Å². The Kier molecular flexibility index (Phi) is 5.31. The highest BCUT2D eigenvalue weighted by Gasteiger charge is 2.18. The topological polar surface area (TPSA) is 106 Å². The van der Waals surface area contributed by atoms with Crippen molar-refractivity contribution < 1.29 is 18.9 Å². The molecule has 1 heterocycles. The van der Waals surface area contributed by atoms with Crippen LogP contribution in [-0.4, -0.2) is 34.7 Å². The van der Waals surface area contributed by atoms with E-state index in [1.807, 2.05) is 13.8 Å². The number of nitrogens with one attached hydrogen (secondary N) is 1. The van der Waals surface area contributed by atoms with Gasteiger partial charge >= 0.3 is 5.88 Å². The fraction of sp³-hybridized carbons (Fsp3) is 0.250. The number of rotatable bonds is 6. The average molecular weight is 331 g/mol. The minimum atomic E-state index is -0.718. The third-order valence-electron chi connectivity index (χ3n) is 3.44. The summed E-state index contributed by atoms with van der Waals surface area (Å²) in [7, 11) is 0. The summed E-state index contributed by atoms with van der Waals surface area (Å²) in [6.07, 6.45) is 0. The van der Waals surface area contributed by atoms with Crippen LogP contribution in [0.5, 0.6) is 0 Å². The van der Waals surface area contributed by atoms with Crippen LogP contribution in [0.25, 0.3) is 0 Å². The standard InChI is InChI=1S/C16H17N3O5/c1-3-18(4-2)16(21)11-5-7-12(8-6-11)17-15(20)13-9-10-14(24-13)19(22)23/h5-10H,3-4H2,1-2H3,(H,17,20). The van der Waals surface area contributed by atoms with Crippen molar-refractivity contribution in [1.29, 1.82) is 0 Å². The van der Waals surface area contributed by atoms with Gasteiger partial charge in [-0.2, -0.15) is 0 Å². The lowest BCUT2D eigenvalue weighted by Gasteiger charge is -2.18. The van der Waals surface area contributed by atoms with Crippen molar-refractivity contribution in [2.45, 2.75) is 13.8 Å². The molecule has 1 aromatic heterocycles. The van der Waals surface area contributed by atoms with E-state index in [1.165, 1.54) is 6.07 Å². The number of hydrogen-bond acceptors (Lipinski definition) is 5. The minimum absolute atomic E-state index is 0.0838. The summed E-state index contributed by atoms with van der Waals surface area (Å²) in [6.45, 7) is 5.03. The molecule has 8 nitrogen and oxygen atoms in total. The largest absolute Gasteiger partial charge is 0.433 e. The third kappa shape index (κ3) is 3.78. The van der Waals surface area contributed by atoms with Crippen molar-refractivity contribution in [1.82, 2.24) is 4.90 Å². The van der Waals surface area contributed by atoms with E-state index < -0.39 is 16.7 Å². The maximum atomic E-state index is 12.2. The van der Waals surface area contributed by atoms with Crippen LogP contribution < -0.4 is 5.32 Å². The number of nitrogens with zero attached hydrogens (tertiary/aromatic N) is 2. The van der Waals surface area contributed by atoms with E-state index >= 15 is 0 Å². The molecule has 2 aromatic rings. The van der Waals surface area contributed by atoms with Gasteiger partial charge in [-0.3, -0.25) is 19.7 Å². The summed E-state index contributed by atoms with van der Waals surface area (Å²) in [5.74, 6) is -1.35. The number of nitro groups is 1. The molecule has 1 aromatic carbocycles. The van der Waals surface area contributed by atoms with Crippen LogP contribution in [0.1, 0.15) is 34.8 Å². The smallest absolute Gasteiger partial charge is 0.395 e. The first-order valence-corrected chi connectivity index (χ1v) is 7.41. The van der Waals surface area contributed by atoms with Gasteiger partial charge in [-0.1, -0.05) is 0 Å². The van der Waals surface area contributed by atoms with Gasteiger partial charge in [0, 0.05) is 24.3 Å². The number of furan rings is 1. The summed E-state index contributed by atoms with van der Waals surface area (Å²) in [5, 5.41) is 13.1. The number of anilines is 1. The lowest BCUT2D eigenvalue weighted by atomic mass is 10.1. The number of carbonyl (C=O) groups is 2. The second kappa shape index (κ2) is 7.40. The molecule has 0 atom stereocenters. The SMILES string of the molecule is CCN(CC)C(=O)c1ccc(NC(=O)c2ccc([N+](=O)[O-])o2)cc1. The molecule has 0 aliphatic carbocycles. The predicted octanol–water partition coefficient (Wildman–Crippen LogP) is 2.92. The van der Waals surface area contributed by atoms with Crippen molar-refractivity contribution in [2.24, 2.45) is 0 Å². The Balaban J connectivity index is 2.06. The van der Waals surface area contributed by atoms with E-state index in [0.717, 1.165) is 6.07 Å². The van der Waals surface area contributed by atoms with Crippen LogP contribution >= 0.6 is 0 Å². The molecule has 0 fully saturated rings. The highest BCUT2D eigenvalue weighted by atomic mass is 16.6. The first-order chi connectivity index (χ1) is 11.5. The summed E-state index contributed by atoms with van der Waals surface area (Å²) >= 11 is 0. The second-order valence-electron chi connectivity index (χ2n) is 4.90. The molecule has 2 amide bonds. The van der Waals surface area contributed by atoms with E-state index in [9.17, 15) is 19.7 Å². The van der Waals surface area contributed by atoms with Crippen LogP contribution in [0.3, 0.4) is 0 Å². The van der Waals surface area contributed by atoms with Crippen LogP contribution in [0.2, 0.25) is 0 Å². The zero-order valence-corrected chi connectivity index (χ0v) is 13.3. The minimum Gasteiger partial charge on any atom is -0.395 e. The molecule has 0 radical (unpaired) electrons. The fourth-order valence-corrected chi connectivity index (χ4v) is 2.13. The van der Waals surface area contributed by atoms with Gasteiger partial charge in [0.15, 0.2) is 5.76 Å². The Bertz CT molecular complexity index is 747. The average Bonchev–Trinajstić information content (AvgIpc) is 3.07. The molecule has 0 spiro atoms. The van der Waals surface area contributed by atoms with E-state index in [-0.39, 0.29) is 11.7 Å². The molecular weight excluding hydrogens is 314 g/mol. The molecular formula is C16H17N3O5. The zero-order valence-electron chi connectivity index (χ0n) is 13.3. The Morgan fingerprint density at radius 3 is 2.25 bits per heavy atom. The molecule has 2 rings (SSSR count). The van der Waals surface area contributed by atoms with E-state index in [4.69, 9.17) is 4.42 Å². The highest BCUT2D eigenvalue weighted by Crippen LogP contribution is 2.18. The molecule has 8 heteroatoms. The van der Waals surface area contributed by atoms with E-state index in [1.54, 1.807) is 29.2 Å². The lowest BCUT2D eigenvalue weighted by molar-refractivity contribution is -0.402. The molecule has 0 unspecified atom stereocenters. The van der Waals surface area contributed by atoms with Crippen LogP contribution in [0.15, 0.2) is 40.8 Å². The summed E-state index contributed by atoms with van der Waals surface area (Å²) < 4.78 is 4.83. The Labute approximate surface area is 138 Å². The lowest BCUT2D eigenvalue weighted by Crippen LogP contribution is -2.30. The molecule has 1 N–H and O–H groups in total. The van der Waals surface area contributed by atoms with Gasteiger partial charge in [0.25, 0.3) is 11.8 Å². The summed E-state index contributed by atoms with van der Waals surface area (Å²) in [4.78, 5) is 35.7. The number of benzene rings is 1. The van der Waals surface area contributed by atoms with Crippen molar-refractivity contribution in [3.63, 3.8) is 0 Å². The fourth-order valence-electron chi connectivity index (χ4n) is 2.13. The molecule has 126 valence electrons. The second-order valence-corrected chi connectivity index (χ2v) is 4.90. The Morgan fingerprint density at radius 1 is 1.12 bits per heavy atom. The Hall–Kier alpha value is -3.16. The van der Waals surface area contributed by atoms with Crippen molar-refractivity contribution >= 4 is 23.4 Å². The molecule has 0 bridgehead atoms. The number of amides is 2. The maximum Gasteiger partial charge on any atom is 0.433 e. The van der Waals surface area contributed by atoms with E-state index in [2.05, 4.69) is 5.32 Å². The van der Waals surface area contributed by atoms with Crippen LogP contribution in [0, 0.1) is 10.1 Å². The molecule has 0 aliphatic rings.